The van der Waals surface area contributed by atoms with Crippen LogP contribution in [0.5, 0.6) is 0 Å². The van der Waals surface area contributed by atoms with Gasteiger partial charge in [0.15, 0.2) is 0 Å². The van der Waals surface area contributed by atoms with E-state index in [1.807, 2.05) is 0 Å². The van der Waals surface area contributed by atoms with E-state index in [1.54, 1.807) is 13.3 Å². The molecular weight excluding hydrogens is 506 g/mol. The monoisotopic (exact) mass is 554 g/mol. The fourth-order valence-corrected chi connectivity index (χ4v) is 61.3. The van der Waals surface area contributed by atoms with Crippen molar-refractivity contribution in [3.8, 4) is 0 Å². The van der Waals surface area contributed by atoms with E-state index in [2.05, 4.69) is 62.5 Å². The Morgan fingerprint density at radius 2 is 1.09 bits per heavy atom. The van der Waals surface area contributed by atoms with Gasteiger partial charge in [-0.1, -0.05) is 0 Å². The fraction of sp³-hybridized carbons (Fsp3) is 0.900. The van der Waals surface area contributed by atoms with Crippen LogP contribution in [0.2, 0.25) is 47.8 Å². The molecule has 0 radical (unpaired) electrons. The quantitative estimate of drug-likeness (QED) is 0.215. The third-order valence-corrected chi connectivity index (χ3v) is 40.7. The zero-order valence-electron chi connectivity index (χ0n) is 17.9. The number of rotatable bonds is 12. The van der Waals surface area contributed by atoms with Gasteiger partial charge in [-0.3, -0.25) is 0 Å². The third-order valence-electron chi connectivity index (χ3n) is 5.15. The minimum atomic E-state index is -2.10. The summed E-state index contributed by atoms with van der Waals surface area (Å²) in [5, 5.41) is 0. The fourth-order valence-electron chi connectivity index (χ4n) is 4.04. The van der Waals surface area contributed by atoms with Gasteiger partial charge in [0.1, 0.15) is 0 Å². The van der Waals surface area contributed by atoms with E-state index in [9.17, 15) is 0 Å². The zero-order chi connectivity index (χ0) is 18.1. The maximum atomic E-state index is 3.12. The first-order chi connectivity index (χ1) is 10.5. The normalized spacial score (nSPS) is 14.4. The molecule has 138 valence electrons. The molecule has 0 heterocycles. The van der Waals surface area contributed by atoms with Gasteiger partial charge in [0.2, 0.25) is 0 Å². The van der Waals surface area contributed by atoms with Gasteiger partial charge in [-0.2, -0.15) is 0 Å². The summed E-state index contributed by atoms with van der Waals surface area (Å²) in [5.41, 5.74) is 0. The SMILES string of the molecule is CCC[CH2][Sn](/[CH]=[C](/[Si](C)(C)C)[Sn]([CH3])([CH3])[CH3])([CH2]CCC)[CH2]CCC. The van der Waals surface area contributed by atoms with Gasteiger partial charge in [0.05, 0.1) is 0 Å². The van der Waals surface area contributed by atoms with Crippen LogP contribution >= 0.6 is 0 Å². The first kappa shape index (κ1) is 24.6. The van der Waals surface area contributed by atoms with Gasteiger partial charge in [-0.05, 0) is 0 Å². The average Bonchev–Trinajstić information content (AvgIpc) is 2.43. The Bertz CT molecular complexity index is 310. The molecule has 0 rings (SSSR count). The Labute approximate surface area is 158 Å². The minimum absolute atomic E-state index is 1.14. The van der Waals surface area contributed by atoms with Crippen LogP contribution in [-0.2, 0) is 0 Å². The second-order valence-electron chi connectivity index (χ2n) is 9.73. The molecule has 0 aliphatic heterocycles. The van der Waals surface area contributed by atoms with Crippen molar-refractivity contribution < 1.29 is 0 Å². The van der Waals surface area contributed by atoms with Crippen LogP contribution in [0.1, 0.15) is 59.3 Å². The molecular formula is C20H46SiSn2. The summed E-state index contributed by atoms with van der Waals surface area (Å²) < 4.78 is 10.1. The molecule has 0 unspecified atom stereocenters. The van der Waals surface area contributed by atoms with Crippen molar-refractivity contribution in [3.05, 3.63) is 7.30 Å². The Balaban J connectivity index is 5.85. The van der Waals surface area contributed by atoms with Gasteiger partial charge >= 0.3 is 159 Å². The van der Waals surface area contributed by atoms with Crippen molar-refractivity contribution in [2.45, 2.75) is 107 Å². The molecule has 0 saturated heterocycles. The summed E-state index contributed by atoms with van der Waals surface area (Å²) in [6.45, 7) is 15.0. The first-order valence-corrected chi connectivity index (χ1v) is 31.5. The van der Waals surface area contributed by atoms with Crippen LogP contribution in [0.3, 0.4) is 0 Å². The molecule has 0 amide bonds. The van der Waals surface area contributed by atoms with E-state index in [4.69, 9.17) is 0 Å². The summed E-state index contributed by atoms with van der Waals surface area (Å²) in [7, 11) is -1.14. The van der Waals surface area contributed by atoms with Gasteiger partial charge in [0.25, 0.3) is 0 Å². The number of hydrogen-bond acceptors (Lipinski definition) is 0. The molecule has 0 nitrogen and oxygen atoms in total. The van der Waals surface area contributed by atoms with E-state index in [-0.39, 0.29) is 0 Å². The molecule has 0 aliphatic rings. The van der Waals surface area contributed by atoms with Crippen LogP contribution in [0, 0.1) is 0 Å². The van der Waals surface area contributed by atoms with Crippen molar-refractivity contribution in [2.75, 3.05) is 0 Å². The van der Waals surface area contributed by atoms with Crippen LogP contribution in [-0.4, -0.2) is 44.8 Å². The van der Waals surface area contributed by atoms with E-state index >= 15 is 0 Å². The van der Waals surface area contributed by atoms with E-state index < -0.39 is 44.8 Å². The summed E-state index contributed by atoms with van der Waals surface area (Å²) in [6, 6.07) is 0. The standard InChI is InChI=1S/C5H10Si.3C4H9.3CH3.2Sn/c1-5-6(2,3)4;3*1-3-4-2;;;;;/h1H,2-4H3;3*1,3-4H2,2H3;3*1H3;;. The van der Waals surface area contributed by atoms with Crippen molar-refractivity contribution in [2.24, 2.45) is 0 Å². The van der Waals surface area contributed by atoms with Crippen molar-refractivity contribution in [1.29, 1.82) is 0 Å². The van der Waals surface area contributed by atoms with Gasteiger partial charge < -0.3 is 0 Å². The van der Waals surface area contributed by atoms with Crippen LogP contribution in [0.15, 0.2) is 7.30 Å². The average molecular weight is 552 g/mol. The summed E-state index contributed by atoms with van der Waals surface area (Å²) in [5.74, 6) is 0. The van der Waals surface area contributed by atoms with E-state index in [0.29, 0.717) is 0 Å². The first-order valence-electron chi connectivity index (χ1n) is 10.3. The van der Waals surface area contributed by atoms with Crippen LogP contribution in [0.4, 0.5) is 0 Å². The van der Waals surface area contributed by atoms with Crippen LogP contribution in [0.25, 0.3) is 0 Å². The van der Waals surface area contributed by atoms with Gasteiger partial charge in [-0.15, -0.1) is 0 Å². The number of hydrogen-bond donors (Lipinski definition) is 0. The molecule has 0 saturated carbocycles. The van der Waals surface area contributed by atoms with Crippen molar-refractivity contribution >= 4 is 44.8 Å². The molecule has 0 aromatic rings. The molecule has 0 N–H and O–H groups in total. The van der Waals surface area contributed by atoms with E-state index in [1.165, 1.54) is 38.5 Å². The molecule has 0 atom stereocenters. The number of unbranched alkanes of at least 4 members (excludes halogenated alkanes) is 3. The Morgan fingerprint density at radius 1 is 0.739 bits per heavy atom. The second-order valence-corrected chi connectivity index (χ2v) is 43.5. The Hall–Kier alpha value is 1.55. The van der Waals surface area contributed by atoms with Crippen molar-refractivity contribution in [3.63, 3.8) is 0 Å². The molecule has 23 heavy (non-hydrogen) atoms. The molecule has 0 aliphatic carbocycles. The second kappa shape index (κ2) is 11.3. The molecule has 0 aromatic heterocycles. The summed E-state index contributed by atoms with van der Waals surface area (Å²) in [4.78, 5) is 8.03. The van der Waals surface area contributed by atoms with E-state index in [0.717, 1.165) is 0 Å². The predicted molar refractivity (Wildman–Crippen MR) is 120 cm³/mol. The Kier molecular flexibility index (Phi) is 12.1. The van der Waals surface area contributed by atoms with Crippen molar-refractivity contribution in [1.82, 2.24) is 0 Å². The maximum absolute atomic E-state index is 3.12. The molecule has 0 spiro atoms. The summed E-state index contributed by atoms with van der Waals surface area (Å²) >= 11 is -4.07. The van der Waals surface area contributed by atoms with Gasteiger partial charge in [-0.25, -0.2) is 0 Å². The molecule has 0 bridgehead atoms. The third kappa shape index (κ3) is 9.72. The summed E-state index contributed by atoms with van der Waals surface area (Å²) in [6.07, 6.45) is 8.68. The zero-order valence-corrected chi connectivity index (χ0v) is 24.6. The van der Waals surface area contributed by atoms with Crippen LogP contribution < -0.4 is 0 Å². The topological polar surface area (TPSA) is 0 Å². The molecule has 0 fully saturated rings. The van der Waals surface area contributed by atoms with Gasteiger partial charge in [0, 0.05) is 0 Å². The Morgan fingerprint density at radius 3 is 1.30 bits per heavy atom. The molecule has 3 heteroatoms. The molecule has 0 aromatic carbocycles. The predicted octanol–water partition coefficient (Wildman–Crippen LogP) is 8.06.